The van der Waals surface area contributed by atoms with Gasteiger partial charge in [0, 0.05) is 17.3 Å². The molecule has 1 aliphatic heterocycles. The van der Waals surface area contributed by atoms with Crippen LogP contribution in [0.5, 0.6) is 0 Å². The van der Waals surface area contributed by atoms with Crippen LogP contribution in [-0.4, -0.2) is 27.2 Å². The molecule has 1 aromatic rings. The second-order valence-corrected chi connectivity index (χ2v) is 7.44. The van der Waals surface area contributed by atoms with Crippen molar-refractivity contribution >= 4 is 46.1 Å². The molecule has 0 spiro atoms. The Bertz CT molecular complexity index is 444. The first kappa shape index (κ1) is 13.7. The SMILES string of the molecule is CCCc1nc(C2CSCCS2)[nH]c(=O)c1I. The Balaban J connectivity index is 2.30. The summed E-state index contributed by atoms with van der Waals surface area (Å²) in [5.41, 5.74) is 0.984. The zero-order chi connectivity index (χ0) is 12.3. The standard InChI is InChI=1S/C11H15IN2OS2/c1-2-3-7-9(12)11(15)14-10(13-7)8-6-16-4-5-17-8/h8H,2-6H2,1H3,(H,13,14,15). The van der Waals surface area contributed by atoms with Gasteiger partial charge in [0.2, 0.25) is 0 Å². The summed E-state index contributed by atoms with van der Waals surface area (Å²) in [5.74, 6) is 4.28. The van der Waals surface area contributed by atoms with Crippen LogP contribution < -0.4 is 5.56 Å². The van der Waals surface area contributed by atoms with E-state index < -0.39 is 0 Å². The van der Waals surface area contributed by atoms with Crippen molar-refractivity contribution in [1.82, 2.24) is 9.97 Å². The average molecular weight is 382 g/mol. The highest BCUT2D eigenvalue weighted by atomic mass is 127. The van der Waals surface area contributed by atoms with Crippen LogP contribution in [0.2, 0.25) is 0 Å². The van der Waals surface area contributed by atoms with Crippen molar-refractivity contribution in [2.45, 2.75) is 25.0 Å². The third-order valence-corrected chi connectivity index (χ3v) is 6.43. The van der Waals surface area contributed by atoms with Crippen molar-refractivity contribution in [2.75, 3.05) is 17.3 Å². The van der Waals surface area contributed by atoms with E-state index in [1.54, 1.807) is 0 Å². The molecule has 1 saturated heterocycles. The molecule has 1 fully saturated rings. The molecule has 1 aromatic heterocycles. The van der Waals surface area contributed by atoms with Gasteiger partial charge < -0.3 is 4.98 Å². The molecule has 17 heavy (non-hydrogen) atoms. The molecule has 0 saturated carbocycles. The number of nitrogens with one attached hydrogen (secondary N) is 1. The molecule has 0 radical (unpaired) electrons. The van der Waals surface area contributed by atoms with Crippen LogP contribution in [-0.2, 0) is 6.42 Å². The summed E-state index contributed by atoms with van der Waals surface area (Å²) in [5, 5.41) is 0.356. The van der Waals surface area contributed by atoms with Crippen molar-refractivity contribution in [3.8, 4) is 0 Å². The summed E-state index contributed by atoms with van der Waals surface area (Å²) < 4.78 is 0.752. The van der Waals surface area contributed by atoms with Gasteiger partial charge in [-0.1, -0.05) is 13.3 Å². The lowest BCUT2D eigenvalue weighted by Gasteiger charge is -2.20. The first-order valence-electron chi connectivity index (χ1n) is 5.70. The Morgan fingerprint density at radius 2 is 2.35 bits per heavy atom. The lowest BCUT2D eigenvalue weighted by atomic mass is 10.2. The van der Waals surface area contributed by atoms with Crippen LogP contribution in [0.4, 0.5) is 0 Å². The molecule has 0 aliphatic carbocycles. The zero-order valence-electron chi connectivity index (χ0n) is 9.66. The molecule has 6 heteroatoms. The van der Waals surface area contributed by atoms with Gasteiger partial charge >= 0.3 is 0 Å². The molecule has 2 heterocycles. The third kappa shape index (κ3) is 3.41. The van der Waals surface area contributed by atoms with Crippen LogP contribution in [0.1, 0.15) is 30.1 Å². The first-order valence-corrected chi connectivity index (χ1v) is 8.98. The summed E-state index contributed by atoms with van der Waals surface area (Å²) in [6, 6.07) is 0. The molecule has 3 nitrogen and oxygen atoms in total. The van der Waals surface area contributed by atoms with Gasteiger partial charge in [0.25, 0.3) is 5.56 Å². The van der Waals surface area contributed by atoms with Gasteiger partial charge in [-0.15, -0.1) is 11.8 Å². The summed E-state index contributed by atoms with van der Waals surface area (Å²) >= 11 is 5.94. The normalized spacial score (nSPS) is 20.5. The van der Waals surface area contributed by atoms with Crippen LogP contribution in [0.15, 0.2) is 4.79 Å². The largest absolute Gasteiger partial charge is 0.309 e. The molecular weight excluding hydrogens is 367 g/mol. The Hall–Kier alpha value is 0.310. The second-order valence-electron chi connectivity index (χ2n) is 3.90. The zero-order valence-corrected chi connectivity index (χ0v) is 13.5. The fourth-order valence-corrected chi connectivity index (χ4v) is 4.87. The van der Waals surface area contributed by atoms with E-state index in [1.165, 1.54) is 5.75 Å². The van der Waals surface area contributed by atoms with Gasteiger partial charge in [0.05, 0.1) is 14.5 Å². The predicted octanol–water partition coefficient (Wildman–Crippen LogP) is 2.85. The minimum Gasteiger partial charge on any atom is -0.309 e. The minimum absolute atomic E-state index is 0.0234. The number of hydrogen-bond acceptors (Lipinski definition) is 4. The number of aromatic amines is 1. The number of aromatic nitrogens is 2. The highest BCUT2D eigenvalue weighted by Crippen LogP contribution is 2.34. The maximum atomic E-state index is 11.9. The van der Waals surface area contributed by atoms with Crippen LogP contribution in [0, 0.1) is 3.57 Å². The van der Waals surface area contributed by atoms with Gasteiger partial charge in [0.1, 0.15) is 5.82 Å². The van der Waals surface area contributed by atoms with E-state index in [4.69, 9.17) is 0 Å². The smallest absolute Gasteiger partial charge is 0.264 e. The molecule has 0 bridgehead atoms. The molecule has 94 valence electrons. The fourth-order valence-electron chi connectivity index (χ4n) is 1.73. The van der Waals surface area contributed by atoms with E-state index in [-0.39, 0.29) is 5.56 Å². The van der Waals surface area contributed by atoms with Gasteiger partial charge in [-0.2, -0.15) is 11.8 Å². The third-order valence-electron chi connectivity index (χ3n) is 2.56. The summed E-state index contributed by atoms with van der Waals surface area (Å²) in [6.07, 6.45) is 1.91. The topological polar surface area (TPSA) is 45.8 Å². The van der Waals surface area contributed by atoms with E-state index in [9.17, 15) is 4.79 Å². The van der Waals surface area contributed by atoms with Gasteiger partial charge in [-0.3, -0.25) is 4.79 Å². The minimum atomic E-state index is 0.0234. The Kier molecular flexibility index (Phi) is 5.23. The van der Waals surface area contributed by atoms with Gasteiger partial charge in [-0.25, -0.2) is 4.98 Å². The van der Waals surface area contributed by atoms with E-state index in [2.05, 4.69) is 39.5 Å². The molecule has 1 atom stereocenters. The lowest BCUT2D eigenvalue weighted by molar-refractivity contribution is 0.809. The maximum absolute atomic E-state index is 11.9. The highest BCUT2D eigenvalue weighted by molar-refractivity contribution is 14.1. The molecule has 1 N–H and O–H groups in total. The number of aryl methyl sites for hydroxylation is 1. The summed E-state index contributed by atoms with van der Waals surface area (Å²) in [7, 11) is 0. The van der Waals surface area contributed by atoms with Crippen LogP contribution >= 0.6 is 46.1 Å². The van der Waals surface area contributed by atoms with Crippen LogP contribution in [0.3, 0.4) is 0 Å². The Morgan fingerprint density at radius 3 is 3.00 bits per heavy atom. The quantitative estimate of drug-likeness (QED) is 0.817. The Labute approximate surface area is 123 Å². The van der Waals surface area contributed by atoms with E-state index in [0.717, 1.165) is 39.4 Å². The molecule has 1 aliphatic rings. The predicted molar refractivity (Wildman–Crippen MR) is 84.1 cm³/mol. The van der Waals surface area contributed by atoms with Crippen molar-refractivity contribution in [1.29, 1.82) is 0 Å². The maximum Gasteiger partial charge on any atom is 0.264 e. The number of rotatable bonds is 3. The highest BCUT2D eigenvalue weighted by Gasteiger charge is 2.20. The summed E-state index contributed by atoms with van der Waals surface area (Å²) in [4.78, 5) is 19.4. The second kappa shape index (κ2) is 6.47. The van der Waals surface area contributed by atoms with E-state index in [1.807, 2.05) is 23.5 Å². The molecular formula is C11H15IN2OS2. The van der Waals surface area contributed by atoms with Crippen molar-refractivity contribution < 1.29 is 0 Å². The first-order chi connectivity index (χ1) is 8.22. The molecule has 0 amide bonds. The molecule has 1 unspecified atom stereocenters. The fraction of sp³-hybridized carbons (Fsp3) is 0.636. The van der Waals surface area contributed by atoms with Crippen molar-refractivity contribution in [3.05, 3.63) is 25.4 Å². The van der Waals surface area contributed by atoms with E-state index >= 15 is 0 Å². The van der Waals surface area contributed by atoms with E-state index in [0.29, 0.717) is 5.25 Å². The number of nitrogens with zero attached hydrogens (tertiary/aromatic N) is 1. The van der Waals surface area contributed by atoms with Gasteiger partial charge in [0.15, 0.2) is 0 Å². The lowest BCUT2D eigenvalue weighted by Crippen LogP contribution is -2.21. The number of H-pyrrole nitrogens is 1. The molecule has 0 aromatic carbocycles. The van der Waals surface area contributed by atoms with Crippen molar-refractivity contribution in [2.24, 2.45) is 0 Å². The van der Waals surface area contributed by atoms with Crippen molar-refractivity contribution in [3.63, 3.8) is 0 Å². The van der Waals surface area contributed by atoms with Gasteiger partial charge in [-0.05, 0) is 29.0 Å². The molecule has 2 rings (SSSR count). The Morgan fingerprint density at radius 1 is 1.53 bits per heavy atom. The number of hydrogen-bond donors (Lipinski definition) is 1. The van der Waals surface area contributed by atoms with Crippen LogP contribution in [0.25, 0.3) is 0 Å². The average Bonchev–Trinajstić information content (AvgIpc) is 2.36. The summed E-state index contributed by atoms with van der Waals surface area (Å²) in [6.45, 7) is 2.11. The number of thioether (sulfide) groups is 2. The number of halogens is 1. The monoisotopic (exact) mass is 382 g/mol.